The van der Waals surface area contributed by atoms with Crippen molar-refractivity contribution in [1.82, 2.24) is 4.90 Å². The normalized spacial score (nSPS) is 17.4. The Bertz CT molecular complexity index is 816. The fraction of sp³-hybridized carbons (Fsp3) is 0.316. The van der Waals surface area contributed by atoms with Crippen molar-refractivity contribution in [2.75, 3.05) is 13.1 Å². The Balaban J connectivity index is 1.62. The Hall–Kier alpha value is -1.69. The van der Waals surface area contributed by atoms with E-state index in [1.54, 1.807) is 17.0 Å². The first-order valence-electron chi connectivity index (χ1n) is 8.24. The average Bonchev–Trinajstić information content (AvgIpc) is 2.61. The predicted octanol–water partition coefficient (Wildman–Crippen LogP) is 5.09. The smallest absolute Gasteiger partial charge is 0.255 e. The van der Waals surface area contributed by atoms with Crippen molar-refractivity contribution in [1.29, 1.82) is 0 Å². The monoisotopic (exact) mass is 399 g/mol. The summed E-state index contributed by atoms with van der Waals surface area (Å²) in [7, 11) is 0. The Morgan fingerprint density at radius 1 is 1.19 bits per heavy atom. The standard InChI is InChI=1S/C19H17Cl2F2NO2/c20-13-4-6-16(17(21)8-13)19(25)24-7-1-2-15(10-24)26-11-12-3-5-14(22)9-18(12)23/h3-6,8-9,15H,1-2,7,10-11H2. The fourth-order valence-corrected chi connectivity index (χ4v) is 3.43. The molecule has 1 atom stereocenters. The molecule has 1 aliphatic heterocycles. The van der Waals surface area contributed by atoms with Crippen LogP contribution in [0.3, 0.4) is 0 Å². The second-order valence-electron chi connectivity index (χ2n) is 6.19. The van der Waals surface area contributed by atoms with Crippen molar-refractivity contribution in [3.8, 4) is 0 Å². The molecule has 0 spiro atoms. The SMILES string of the molecule is O=C(c1ccc(Cl)cc1Cl)N1CCCC(OCc2ccc(F)cc2F)C1. The molecule has 0 N–H and O–H groups in total. The van der Waals surface area contributed by atoms with Gasteiger partial charge in [0.1, 0.15) is 11.6 Å². The number of amides is 1. The molecule has 0 aliphatic carbocycles. The number of nitrogens with zero attached hydrogens (tertiary/aromatic N) is 1. The number of benzene rings is 2. The van der Waals surface area contributed by atoms with Gasteiger partial charge < -0.3 is 9.64 Å². The van der Waals surface area contributed by atoms with E-state index in [2.05, 4.69) is 0 Å². The van der Waals surface area contributed by atoms with E-state index in [1.165, 1.54) is 18.2 Å². The maximum Gasteiger partial charge on any atom is 0.255 e. The summed E-state index contributed by atoms with van der Waals surface area (Å²) in [6, 6.07) is 8.15. The number of hydrogen-bond donors (Lipinski definition) is 0. The van der Waals surface area contributed by atoms with Gasteiger partial charge in [-0.2, -0.15) is 0 Å². The third kappa shape index (κ3) is 4.53. The van der Waals surface area contributed by atoms with Crippen LogP contribution in [0.25, 0.3) is 0 Å². The molecule has 1 amide bonds. The predicted molar refractivity (Wildman–Crippen MR) is 96.5 cm³/mol. The second kappa shape index (κ2) is 8.33. The molecule has 26 heavy (non-hydrogen) atoms. The molecule has 0 bridgehead atoms. The van der Waals surface area contributed by atoms with Crippen LogP contribution < -0.4 is 0 Å². The first-order valence-corrected chi connectivity index (χ1v) is 8.99. The van der Waals surface area contributed by atoms with Gasteiger partial charge >= 0.3 is 0 Å². The van der Waals surface area contributed by atoms with Crippen molar-refractivity contribution < 1.29 is 18.3 Å². The van der Waals surface area contributed by atoms with Crippen LogP contribution in [0.4, 0.5) is 8.78 Å². The molecule has 1 unspecified atom stereocenters. The average molecular weight is 400 g/mol. The lowest BCUT2D eigenvalue weighted by Gasteiger charge is -2.33. The molecule has 2 aromatic rings. The number of hydrogen-bond acceptors (Lipinski definition) is 2. The molecule has 2 aromatic carbocycles. The van der Waals surface area contributed by atoms with Crippen molar-refractivity contribution in [2.45, 2.75) is 25.6 Å². The highest BCUT2D eigenvalue weighted by atomic mass is 35.5. The van der Waals surface area contributed by atoms with Gasteiger partial charge in [0.2, 0.25) is 0 Å². The molecular weight excluding hydrogens is 383 g/mol. The van der Waals surface area contributed by atoms with E-state index in [1.807, 2.05) is 0 Å². The molecule has 0 radical (unpaired) electrons. The quantitative estimate of drug-likeness (QED) is 0.716. The van der Waals surface area contributed by atoms with Crippen LogP contribution >= 0.6 is 23.2 Å². The van der Waals surface area contributed by atoms with Crippen molar-refractivity contribution in [2.24, 2.45) is 0 Å². The lowest BCUT2D eigenvalue weighted by molar-refractivity contribution is -0.00764. The van der Waals surface area contributed by atoms with Crippen molar-refractivity contribution in [3.63, 3.8) is 0 Å². The summed E-state index contributed by atoms with van der Waals surface area (Å²) in [5, 5.41) is 0.770. The summed E-state index contributed by atoms with van der Waals surface area (Å²) < 4.78 is 32.4. The van der Waals surface area contributed by atoms with Gasteiger partial charge in [-0.05, 0) is 37.1 Å². The van der Waals surface area contributed by atoms with Crippen molar-refractivity contribution in [3.05, 3.63) is 69.2 Å². The molecule has 1 saturated heterocycles. The Labute approximate surface area is 160 Å². The third-order valence-electron chi connectivity index (χ3n) is 4.32. The van der Waals surface area contributed by atoms with Gasteiger partial charge in [0, 0.05) is 29.7 Å². The zero-order valence-electron chi connectivity index (χ0n) is 13.9. The minimum absolute atomic E-state index is 0.0283. The maximum atomic E-state index is 13.7. The van der Waals surface area contributed by atoms with Gasteiger partial charge in [-0.1, -0.05) is 29.3 Å². The maximum absolute atomic E-state index is 13.7. The molecule has 138 valence electrons. The number of piperidine rings is 1. The van der Waals surface area contributed by atoms with E-state index in [0.717, 1.165) is 18.9 Å². The Kier molecular flexibility index (Phi) is 6.12. The van der Waals surface area contributed by atoms with E-state index in [4.69, 9.17) is 27.9 Å². The highest BCUT2D eigenvalue weighted by Gasteiger charge is 2.26. The minimum Gasteiger partial charge on any atom is -0.372 e. The summed E-state index contributed by atoms with van der Waals surface area (Å²) in [6.45, 7) is 1.02. The lowest BCUT2D eigenvalue weighted by atomic mass is 10.1. The topological polar surface area (TPSA) is 29.5 Å². The van der Waals surface area contributed by atoms with Crippen LogP contribution in [0.1, 0.15) is 28.8 Å². The molecular formula is C19H17Cl2F2NO2. The largest absolute Gasteiger partial charge is 0.372 e. The zero-order valence-corrected chi connectivity index (χ0v) is 15.4. The molecule has 0 saturated carbocycles. The van der Waals surface area contributed by atoms with E-state index >= 15 is 0 Å². The first kappa shape index (κ1) is 19.1. The molecule has 3 rings (SSSR count). The molecule has 7 heteroatoms. The minimum atomic E-state index is -0.637. The lowest BCUT2D eigenvalue weighted by Crippen LogP contribution is -2.43. The third-order valence-corrected chi connectivity index (χ3v) is 4.86. The highest BCUT2D eigenvalue weighted by Crippen LogP contribution is 2.24. The van der Waals surface area contributed by atoms with Crippen LogP contribution in [-0.2, 0) is 11.3 Å². The zero-order chi connectivity index (χ0) is 18.7. The molecule has 0 aromatic heterocycles. The fourth-order valence-electron chi connectivity index (χ4n) is 2.94. The van der Waals surface area contributed by atoms with Crippen LogP contribution in [0.2, 0.25) is 10.0 Å². The number of carbonyl (C=O) groups is 1. The van der Waals surface area contributed by atoms with Crippen LogP contribution in [0.15, 0.2) is 36.4 Å². The first-order chi connectivity index (χ1) is 12.4. The summed E-state index contributed by atoms with van der Waals surface area (Å²) >= 11 is 12.0. The van der Waals surface area contributed by atoms with E-state index < -0.39 is 11.6 Å². The number of halogens is 4. The van der Waals surface area contributed by atoms with Gasteiger partial charge in [-0.15, -0.1) is 0 Å². The van der Waals surface area contributed by atoms with E-state index in [9.17, 15) is 13.6 Å². The second-order valence-corrected chi connectivity index (χ2v) is 7.03. The number of ether oxygens (including phenoxy) is 1. The highest BCUT2D eigenvalue weighted by molar-refractivity contribution is 6.36. The van der Waals surface area contributed by atoms with Crippen molar-refractivity contribution >= 4 is 29.1 Å². The molecule has 1 fully saturated rings. The van der Waals surface area contributed by atoms with Crippen LogP contribution in [0.5, 0.6) is 0 Å². The number of rotatable bonds is 4. The van der Waals surface area contributed by atoms with Gasteiger partial charge in [-0.3, -0.25) is 4.79 Å². The number of carbonyl (C=O) groups excluding carboxylic acids is 1. The number of likely N-dealkylation sites (tertiary alicyclic amines) is 1. The molecule has 1 heterocycles. The van der Waals surface area contributed by atoms with Crippen LogP contribution in [-0.4, -0.2) is 30.0 Å². The van der Waals surface area contributed by atoms with Gasteiger partial charge in [-0.25, -0.2) is 8.78 Å². The summed E-state index contributed by atoms with van der Waals surface area (Å²) in [6.07, 6.45) is 1.32. The Morgan fingerprint density at radius 2 is 2.00 bits per heavy atom. The van der Waals surface area contributed by atoms with E-state index in [0.29, 0.717) is 28.7 Å². The van der Waals surface area contributed by atoms with Gasteiger partial charge in [0.05, 0.1) is 23.3 Å². The molecule has 3 nitrogen and oxygen atoms in total. The molecule has 1 aliphatic rings. The summed E-state index contributed by atoms with van der Waals surface area (Å²) in [5.74, 6) is -1.45. The van der Waals surface area contributed by atoms with Crippen LogP contribution in [0, 0.1) is 11.6 Å². The summed E-state index contributed by atoms with van der Waals surface area (Å²) in [5.41, 5.74) is 0.678. The Morgan fingerprint density at radius 3 is 2.73 bits per heavy atom. The van der Waals surface area contributed by atoms with Gasteiger partial charge in [0.15, 0.2) is 0 Å². The summed E-state index contributed by atoms with van der Waals surface area (Å²) in [4.78, 5) is 14.4. The van der Waals surface area contributed by atoms with Gasteiger partial charge in [0.25, 0.3) is 5.91 Å². The van der Waals surface area contributed by atoms with E-state index in [-0.39, 0.29) is 24.2 Å².